The van der Waals surface area contributed by atoms with E-state index in [1.165, 1.54) is 0 Å². The van der Waals surface area contributed by atoms with Gasteiger partial charge in [0.2, 0.25) is 0 Å². The SMILES string of the molecule is COc1ccc(C)cc1NC(=O)c1ccc(C)cc1C. The van der Waals surface area contributed by atoms with Gasteiger partial charge in [-0.1, -0.05) is 23.8 Å². The van der Waals surface area contributed by atoms with Crippen LogP contribution in [0.3, 0.4) is 0 Å². The van der Waals surface area contributed by atoms with Crippen LogP contribution in [0.2, 0.25) is 0 Å². The number of amides is 1. The molecule has 20 heavy (non-hydrogen) atoms. The van der Waals surface area contributed by atoms with Crippen LogP contribution in [0.5, 0.6) is 5.75 Å². The highest BCUT2D eigenvalue weighted by Gasteiger charge is 2.12. The number of anilines is 1. The number of methoxy groups -OCH3 is 1. The van der Waals surface area contributed by atoms with Crippen LogP contribution in [-0.4, -0.2) is 13.0 Å². The van der Waals surface area contributed by atoms with E-state index in [4.69, 9.17) is 4.74 Å². The molecule has 2 rings (SSSR count). The number of hydrogen-bond donors (Lipinski definition) is 1. The molecule has 0 aliphatic carbocycles. The third-order valence-electron chi connectivity index (χ3n) is 3.23. The maximum absolute atomic E-state index is 12.4. The minimum Gasteiger partial charge on any atom is -0.495 e. The van der Waals surface area contributed by atoms with E-state index in [9.17, 15) is 4.79 Å². The third kappa shape index (κ3) is 2.99. The Labute approximate surface area is 119 Å². The van der Waals surface area contributed by atoms with E-state index >= 15 is 0 Å². The molecule has 0 spiro atoms. The zero-order valence-electron chi connectivity index (χ0n) is 12.3. The number of carbonyl (C=O) groups is 1. The van der Waals surface area contributed by atoms with Crippen LogP contribution in [0, 0.1) is 20.8 Å². The highest BCUT2D eigenvalue weighted by Crippen LogP contribution is 2.26. The molecule has 0 aliphatic heterocycles. The molecule has 1 amide bonds. The fraction of sp³-hybridized carbons (Fsp3) is 0.235. The van der Waals surface area contributed by atoms with Crippen molar-refractivity contribution in [1.82, 2.24) is 0 Å². The largest absolute Gasteiger partial charge is 0.495 e. The van der Waals surface area contributed by atoms with Crippen LogP contribution in [0.25, 0.3) is 0 Å². The van der Waals surface area contributed by atoms with E-state index in [0.717, 1.165) is 16.7 Å². The minimum atomic E-state index is -0.119. The average Bonchev–Trinajstić information content (AvgIpc) is 2.38. The number of ether oxygens (including phenoxy) is 1. The molecular weight excluding hydrogens is 250 g/mol. The monoisotopic (exact) mass is 269 g/mol. The van der Waals surface area contributed by atoms with E-state index in [0.29, 0.717) is 17.0 Å². The Balaban J connectivity index is 2.30. The second kappa shape index (κ2) is 5.78. The zero-order valence-corrected chi connectivity index (χ0v) is 12.3. The second-order valence-corrected chi connectivity index (χ2v) is 4.98. The maximum Gasteiger partial charge on any atom is 0.256 e. The standard InChI is InChI=1S/C17H19NO2/c1-11-5-7-14(13(3)9-11)17(19)18-15-10-12(2)6-8-16(15)20-4/h5-10H,1-4H3,(H,18,19). The van der Waals surface area contributed by atoms with Gasteiger partial charge >= 0.3 is 0 Å². The van der Waals surface area contributed by atoms with Crippen LogP contribution < -0.4 is 10.1 Å². The van der Waals surface area contributed by atoms with Crippen molar-refractivity contribution in [1.29, 1.82) is 0 Å². The molecule has 0 fully saturated rings. The number of aryl methyl sites for hydroxylation is 3. The van der Waals surface area contributed by atoms with Gasteiger partial charge in [-0.3, -0.25) is 4.79 Å². The van der Waals surface area contributed by atoms with Crippen molar-refractivity contribution in [3.8, 4) is 5.75 Å². The molecular formula is C17H19NO2. The van der Waals surface area contributed by atoms with Crippen LogP contribution in [0.1, 0.15) is 27.0 Å². The van der Waals surface area contributed by atoms with Crippen molar-refractivity contribution in [3.63, 3.8) is 0 Å². The molecule has 0 atom stereocenters. The van der Waals surface area contributed by atoms with Gasteiger partial charge in [-0.05, 0) is 50.1 Å². The van der Waals surface area contributed by atoms with Crippen LogP contribution in [0.4, 0.5) is 5.69 Å². The first-order chi connectivity index (χ1) is 9.51. The molecule has 1 N–H and O–H groups in total. The molecule has 0 bridgehead atoms. The summed E-state index contributed by atoms with van der Waals surface area (Å²) < 4.78 is 5.27. The van der Waals surface area contributed by atoms with Crippen LogP contribution in [-0.2, 0) is 0 Å². The molecule has 0 aromatic heterocycles. The van der Waals surface area contributed by atoms with Crippen molar-refractivity contribution < 1.29 is 9.53 Å². The van der Waals surface area contributed by atoms with Gasteiger partial charge in [-0.2, -0.15) is 0 Å². The molecule has 3 nitrogen and oxygen atoms in total. The van der Waals surface area contributed by atoms with Gasteiger partial charge in [0.15, 0.2) is 0 Å². The van der Waals surface area contributed by atoms with Gasteiger partial charge in [0, 0.05) is 5.56 Å². The lowest BCUT2D eigenvalue weighted by Gasteiger charge is -2.12. The Morgan fingerprint density at radius 2 is 1.65 bits per heavy atom. The summed E-state index contributed by atoms with van der Waals surface area (Å²) in [5.41, 5.74) is 4.56. The number of rotatable bonds is 3. The summed E-state index contributed by atoms with van der Waals surface area (Å²) in [6.45, 7) is 5.93. The topological polar surface area (TPSA) is 38.3 Å². The normalized spacial score (nSPS) is 10.2. The molecule has 0 heterocycles. The Bertz CT molecular complexity index is 647. The number of carbonyl (C=O) groups excluding carboxylic acids is 1. The average molecular weight is 269 g/mol. The molecule has 3 heteroatoms. The molecule has 104 valence electrons. The van der Waals surface area contributed by atoms with E-state index < -0.39 is 0 Å². The molecule has 0 saturated heterocycles. The number of hydrogen-bond acceptors (Lipinski definition) is 2. The number of nitrogens with one attached hydrogen (secondary N) is 1. The Kier molecular flexibility index (Phi) is 4.08. The van der Waals surface area contributed by atoms with Crippen molar-refractivity contribution in [2.24, 2.45) is 0 Å². The molecule has 2 aromatic carbocycles. The van der Waals surface area contributed by atoms with E-state index in [-0.39, 0.29) is 5.91 Å². The van der Waals surface area contributed by atoms with Crippen LogP contribution in [0.15, 0.2) is 36.4 Å². The van der Waals surface area contributed by atoms with Crippen molar-refractivity contribution >= 4 is 11.6 Å². The van der Waals surface area contributed by atoms with Crippen molar-refractivity contribution in [3.05, 3.63) is 58.7 Å². The summed E-state index contributed by atoms with van der Waals surface area (Å²) in [4.78, 5) is 12.4. The summed E-state index contributed by atoms with van der Waals surface area (Å²) in [5.74, 6) is 0.542. The number of benzene rings is 2. The lowest BCUT2D eigenvalue weighted by atomic mass is 10.0. The van der Waals surface area contributed by atoms with E-state index in [1.54, 1.807) is 7.11 Å². The smallest absolute Gasteiger partial charge is 0.256 e. The predicted octanol–water partition coefficient (Wildman–Crippen LogP) is 3.87. The van der Waals surface area contributed by atoms with E-state index in [1.807, 2.05) is 57.2 Å². The Morgan fingerprint density at radius 1 is 1.00 bits per heavy atom. The van der Waals surface area contributed by atoms with Gasteiger partial charge in [-0.25, -0.2) is 0 Å². The lowest BCUT2D eigenvalue weighted by molar-refractivity contribution is 0.102. The summed E-state index contributed by atoms with van der Waals surface area (Å²) in [6.07, 6.45) is 0. The molecule has 0 aliphatic rings. The van der Waals surface area contributed by atoms with Gasteiger partial charge in [-0.15, -0.1) is 0 Å². The van der Waals surface area contributed by atoms with Crippen molar-refractivity contribution in [2.75, 3.05) is 12.4 Å². The quantitative estimate of drug-likeness (QED) is 0.918. The third-order valence-corrected chi connectivity index (χ3v) is 3.23. The van der Waals surface area contributed by atoms with Gasteiger partial charge in [0.05, 0.1) is 12.8 Å². The molecule has 0 radical (unpaired) electrons. The Hall–Kier alpha value is -2.29. The molecule has 2 aromatic rings. The fourth-order valence-corrected chi connectivity index (χ4v) is 2.18. The van der Waals surface area contributed by atoms with E-state index in [2.05, 4.69) is 5.32 Å². The summed E-state index contributed by atoms with van der Waals surface area (Å²) in [7, 11) is 1.59. The fourth-order valence-electron chi connectivity index (χ4n) is 2.18. The van der Waals surface area contributed by atoms with Crippen molar-refractivity contribution in [2.45, 2.75) is 20.8 Å². The second-order valence-electron chi connectivity index (χ2n) is 4.98. The highest BCUT2D eigenvalue weighted by molar-refractivity contribution is 6.06. The molecule has 0 unspecified atom stereocenters. The highest BCUT2D eigenvalue weighted by atomic mass is 16.5. The predicted molar refractivity (Wildman–Crippen MR) is 81.6 cm³/mol. The Morgan fingerprint density at radius 3 is 2.30 bits per heavy atom. The van der Waals surface area contributed by atoms with Gasteiger partial charge in [0.1, 0.15) is 5.75 Å². The summed E-state index contributed by atoms with van der Waals surface area (Å²) >= 11 is 0. The first kappa shape index (κ1) is 14.1. The summed E-state index contributed by atoms with van der Waals surface area (Å²) in [5, 5.41) is 2.91. The maximum atomic E-state index is 12.4. The first-order valence-electron chi connectivity index (χ1n) is 6.54. The minimum absolute atomic E-state index is 0.119. The van der Waals surface area contributed by atoms with Gasteiger partial charge in [0.25, 0.3) is 5.91 Å². The zero-order chi connectivity index (χ0) is 14.7. The van der Waals surface area contributed by atoms with Gasteiger partial charge < -0.3 is 10.1 Å². The molecule has 0 saturated carbocycles. The van der Waals surface area contributed by atoms with Crippen LogP contribution >= 0.6 is 0 Å². The first-order valence-corrected chi connectivity index (χ1v) is 6.54. The summed E-state index contributed by atoms with van der Waals surface area (Å²) in [6, 6.07) is 11.5. The lowest BCUT2D eigenvalue weighted by Crippen LogP contribution is -2.14.